The first kappa shape index (κ1) is 19.3. The van der Waals surface area contributed by atoms with Gasteiger partial charge in [-0.3, -0.25) is 4.79 Å². The Bertz CT molecular complexity index is 1080. The Hall–Kier alpha value is -2.98. The molecule has 4 rings (SSSR count). The molecule has 1 aliphatic carbocycles. The van der Waals surface area contributed by atoms with Crippen LogP contribution in [0.4, 0.5) is 0 Å². The summed E-state index contributed by atoms with van der Waals surface area (Å²) in [6, 6.07) is 20.4. The highest BCUT2D eigenvalue weighted by molar-refractivity contribution is 7.99. The van der Waals surface area contributed by atoms with E-state index in [1.54, 1.807) is 18.9 Å². The summed E-state index contributed by atoms with van der Waals surface area (Å²) in [5, 5.41) is 0. The van der Waals surface area contributed by atoms with Crippen LogP contribution in [-0.4, -0.2) is 13.1 Å². The van der Waals surface area contributed by atoms with E-state index in [-0.39, 0.29) is 5.97 Å². The van der Waals surface area contributed by atoms with Gasteiger partial charge in [0.05, 0.1) is 7.11 Å². The van der Waals surface area contributed by atoms with E-state index in [2.05, 4.69) is 49.4 Å². The number of fused-ring (bicyclic) bond motifs is 1. The lowest BCUT2D eigenvalue weighted by molar-refractivity contribution is -0.131. The maximum absolute atomic E-state index is 11.1. The second-order valence-corrected chi connectivity index (χ2v) is 8.14. The summed E-state index contributed by atoms with van der Waals surface area (Å²) in [6.07, 6.45) is 4.43. The lowest BCUT2D eigenvalue weighted by Crippen LogP contribution is -2.00. The molecule has 3 aromatic rings. The third-order valence-electron chi connectivity index (χ3n) is 4.95. The molecule has 4 heteroatoms. The molecule has 0 saturated carbocycles. The van der Waals surface area contributed by atoms with Gasteiger partial charge in [0.15, 0.2) is 0 Å². The van der Waals surface area contributed by atoms with Crippen LogP contribution >= 0.6 is 11.8 Å². The number of benzene rings is 3. The van der Waals surface area contributed by atoms with Crippen molar-refractivity contribution in [2.24, 2.45) is 0 Å². The Labute approximate surface area is 175 Å². The zero-order valence-corrected chi connectivity index (χ0v) is 17.5. The fourth-order valence-corrected chi connectivity index (χ4v) is 4.41. The van der Waals surface area contributed by atoms with E-state index in [1.165, 1.54) is 23.6 Å². The maximum atomic E-state index is 11.1. The summed E-state index contributed by atoms with van der Waals surface area (Å²) in [4.78, 5) is 13.3. The van der Waals surface area contributed by atoms with E-state index < -0.39 is 0 Å². The summed E-state index contributed by atoms with van der Waals surface area (Å²) < 4.78 is 10.6. The number of methoxy groups -OCH3 is 1. The molecule has 0 fully saturated rings. The third-order valence-corrected chi connectivity index (χ3v) is 6.04. The van der Waals surface area contributed by atoms with Gasteiger partial charge in [0.2, 0.25) is 0 Å². The number of allylic oxidation sites excluding steroid dienone is 1. The highest BCUT2D eigenvalue weighted by Crippen LogP contribution is 2.41. The van der Waals surface area contributed by atoms with Crippen molar-refractivity contribution in [2.75, 3.05) is 7.11 Å². The van der Waals surface area contributed by atoms with Crippen LogP contribution in [0.15, 0.2) is 76.5 Å². The van der Waals surface area contributed by atoms with Crippen LogP contribution in [0.3, 0.4) is 0 Å². The number of carbonyl (C=O) groups excluding carboxylic acids is 1. The number of rotatable bonds is 5. The van der Waals surface area contributed by atoms with E-state index in [1.807, 2.05) is 30.3 Å². The number of hydrogen-bond acceptors (Lipinski definition) is 4. The quantitative estimate of drug-likeness (QED) is 0.357. The first-order valence-corrected chi connectivity index (χ1v) is 10.3. The van der Waals surface area contributed by atoms with Gasteiger partial charge in [-0.05, 0) is 76.7 Å². The summed E-state index contributed by atoms with van der Waals surface area (Å²) in [5.41, 5.74) is 4.96. The highest BCUT2D eigenvalue weighted by atomic mass is 32.2. The van der Waals surface area contributed by atoms with Gasteiger partial charge in [0.25, 0.3) is 0 Å². The molecule has 29 heavy (non-hydrogen) atoms. The zero-order valence-electron chi connectivity index (χ0n) is 16.6. The van der Waals surface area contributed by atoms with Crippen molar-refractivity contribution in [3.63, 3.8) is 0 Å². The van der Waals surface area contributed by atoms with E-state index >= 15 is 0 Å². The Morgan fingerprint density at radius 1 is 0.966 bits per heavy atom. The molecule has 1 unspecified atom stereocenters. The fourth-order valence-electron chi connectivity index (χ4n) is 3.46. The Morgan fingerprint density at radius 2 is 1.72 bits per heavy atom. The monoisotopic (exact) mass is 402 g/mol. The predicted octanol–water partition coefficient (Wildman–Crippen LogP) is 6.57. The number of hydrogen-bond donors (Lipinski definition) is 0. The van der Waals surface area contributed by atoms with Crippen LogP contribution in [-0.2, 0) is 4.79 Å². The molecule has 0 amide bonds. The van der Waals surface area contributed by atoms with Crippen LogP contribution in [0.2, 0.25) is 0 Å². The SMILES string of the molecule is COc1ccc(Sc2ccc(OC(C)=O)cc2)c(-c2ccc3c(c2)C(C)C=C3)c1. The Morgan fingerprint density at radius 3 is 2.45 bits per heavy atom. The molecule has 1 aliphatic rings. The van der Waals surface area contributed by atoms with Gasteiger partial charge in [0, 0.05) is 16.7 Å². The minimum Gasteiger partial charge on any atom is -0.497 e. The van der Waals surface area contributed by atoms with Crippen molar-refractivity contribution in [3.05, 3.63) is 77.9 Å². The summed E-state index contributed by atoms with van der Waals surface area (Å²) in [5.74, 6) is 1.50. The van der Waals surface area contributed by atoms with E-state index in [0.29, 0.717) is 11.7 Å². The van der Waals surface area contributed by atoms with Crippen LogP contribution in [0.5, 0.6) is 11.5 Å². The standard InChI is InChI=1S/C25H22O3S/c1-16-4-5-18-6-7-19(14-23(16)18)24-15-21(27-3)10-13-25(24)29-22-11-8-20(9-12-22)28-17(2)26/h4-16H,1-3H3. The lowest BCUT2D eigenvalue weighted by atomic mass is 9.96. The zero-order chi connectivity index (χ0) is 20.4. The molecule has 0 aromatic heterocycles. The molecule has 0 N–H and O–H groups in total. The normalized spacial score (nSPS) is 14.5. The van der Waals surface area contributed by atoms with Gasteiger partial charge >= 0.3 is 5.97 Å². The molecule has 3 nitrogen and oxygen atoms in total. The minimum atomic E-state index is -0.317. The van der Waals surface area contributed by atoms with Gasteiger partial charge in [-0.1, -0.05) is 43.0 Å². The predicted molar refractivity (Wildman–Crippen MR) is 118 cm³/mol. The molecular formula is C25H22O3S. The Balaban J connectivity index is 1.68. The largest absolute Gasteiger partial charge is 0.497 e. The molecule has 0 heterocycles. The molecule has 0 saturated heterocycles. The van der Waals surface area contributed by atoms with Gasteiger partial charge < -0.3 is 9.47 Å². The summed E-state index contributed by atoms with van der Waals surface area (Å²) in [7, 11) is 1.69. The van der Waals surface area contributed by atoms with Gasteiger partial charge in [-0.15, -0.1) is 0 Å². The van der Waals surface area contributed by atoms with Crippen molar-refractivity contribution in [1.82, 2.24) is 0 Å². The van der Waals surface area contributed by atoms with Gasteiger partial charge in [-0.2, -0.15) is 0 Å². The van der Waals surface area contributed by atoms with Gasteiger partial charge in [0.1, 0.15) is 11.5 Å². The second kappa shape index (κ2) is 8.18. The van der Waals surface area contributed by atoms with Crippen molar-refractivity contribution in [1.29, 1.82) is 0 Å². The van der Waals surface area contributed by atoms with Crippen molar-refractivity contribution in [3.8, 4) is 22.6 Å². The molecular weight excluding hydrogens is 380 g/mol. The van der Waals surface area contributed by atoms with Crippen LogP contribution in [0.1, 0.15) is 30.9 Å². The molecule has 0 bridgehead atoms. The van der Waals surface area contributed by atoms with Crippen LogP contribution < -0.4 is 9.47 Å². The van der Waals surface area contributed by atoms with E-state index in [9.17, 15) is 4.79 Å². The smallest absolute Gasteiger partial charge is 0.308 e. The average Bonchev–Trinajstić information content (AvgIpc) is 3.09. The maximum Gasteiger partial charge on any atom is 0.308 e. The van der Waals surface area contributed by atoms with Crippen molar-refractivity contribution >= 4 is 23.8 Å². The molecule has 0 aliphatic heterocycles. The Kier molecular flexibility index (Phi) is 5.45. The summed E-state index contributed by atoms with van der Waals surface area (Å²) >= 11 is 1.68. The highest BCUT2D eigenvalue weighted by Gasteiger charge is 2.16. The third kappa shape index (κ3) is 4.22. The van der Waals surface area contributed by atoms with Crippen LogP contribution in [0.25, 0.3) is 17.2 Å². The first-order valence-electron chi connectivity index (χ1n) is 9.50. The van der Waals surface area contributed by atoms with Crippen LogP contribution in [0, 0.1) is 0 Å². The van der Waals surface area contributed by atoms with Gasteiger partial charge in [-0.25, -0.2) is 0 Å². The van der Waals surface area contributed by atoms with Crippen molar-refractivity contribution < 1.29 is 14.3 Å². The number of carbonyl (C=O) groups is 1. The molecule has 0 radical (unpaired) electrons. The molecule has 146 valence electrons. The molecule has 1 atom stereocenters. The average molecular weight is 403 g/mol. The molecule has 0 spiro atoms. The molecule has 3 aromatic carbocycles. The number of esters is 1. The topological polar surface area (TPSA) is 35.5 Å². The fraction of sp³-hybridized carbons (Fsp3) is 0.160. The number of ether oxygens (including phenoxy) is 2. The van der Waals surface area contributed by atoms with Crippen molar-refractivity contribution in [2.45, 2.75) is 29.6 Å². The first-order chi connectivity index (χ1) is 14.0. The summed E-state index contributed by atoms with van der Waals surface area (Å²) in [6.45, 7) is 3.62. The van der Waals surface area contributed by atoms with E-state index in [4.69, 9.17) is 9.47 Å². The van der Waals surface area contributed by atoms with E-state index in [0.717, 1.165) is 21.1 Å². The minimum absolute atomic E-state index is 0.317. The second-order valence-electron chi connectivity index (χ2n) is 7.02. The lowest BCUT2D eigenvalue weighted by Gasteiger charge is -2.14.